The van der Waals surface area contributed by atoms with Crippen molar-refractivity contribution in [2.75, 3.05) is 0 Å². The third-order valence-corrected chi connectivity index (χ3v) is 0.816. The van der Waals surface area contributed by atoms with Crippen LogP contribution in [-0.2, 0) is 0 Å². The first-order valence-corrected chi connectivity index (χ1v) is 2.82. The maximum atomic E-state index is 3.52. The third kappa shape index (κ3) is 8.82. The Balaban J connectivity index is 0. The molecule has 0 rings (SSSR count). The van der Waals surface area contributed by atoms with Gasteiger partial charge in [0.05, 0.1) is 0 Å². The molecule has 0 saturated carbocycles. The summed E-state index contributed by atoms with van der Waals surface area (Å²) in [6.07, 6.45) is 0. The number of rotatable bonds is 2. The summed E-state index contributed by atoms with van der Waals surface area (Å²) in [6.45, 7) is 7.03. The summed E-state index contributed by atoms with van der Waals surface area (Å²) in [6, 6.07) is 0. The second-order valence-electron chi connectivity index (χ2n) is 0.664. The summed E-state index contributed by atoms with van der Waals surface area (Å²) in [5.74, 6) is 0. The maximum Gasteiger partial charge on any atom is -1.00 e. The molecule has 0 aromatic carbocycles. The van der Waals surface area contributed by atoms with Crippen LogP contribution < -0.4 is 17.0 Å². The van der Waals surface area contributed by atoms with Crippen molar-refractivity contribution in [1.29, 1.82) is 0 Å². The molecule has 0 bridgehead atoms. The molecule has 0 heterocycles. The predicted molar refractivity (Wildman–Crippen MR) is 26.1 cm³/mol. The molecule has 2 heteroatoms. The largest absolute Gasteiger partial charge is 1.00 e. The quantitative estimate of drug-likeness (QED) is 0.410. The van der Waals surface area contributed by atoms with E-state index in [2.05, 4.69) is 13.2 Å². The van der Waals surface area contributed by atoms with E-state index in [0.717, 1.165) is 0 Å². The van der Waals surface area contributed by atoms with Crippen LogP contribution in [0, 0.1) is 0 Å². The van der Waals surface area contributed by atoms with Gasteiger partial charge in [0, 0.05) is 0 Å². The van der Waals surface area contributed by atoms with Gasteiger partial charge in [-0.25, -0.2) is 0 Å². The Morgan fingerprint density at radius 1 is 1.17 bits per heavy atom. The zero-order chi connectivity index (χ0) is 4.12. The van der Waals surface area contributed by atoms with Crippen molar-refractivity contribution in [3.63, 3.8) is 0 Å². The monoisotopic (exact) mass is 160 g/mol. The molecule has 0 aliphatic carbocycles. The summed E-state index contributed by atoms with van der Waals surface area (Å²) in [5.41, 5.74) is 0. The Kier molecular flexibility index (Phi) is 14.7. The fourth-order valence-electron chi connectivity index (χ4n) is 0.0962. The SMILES string of the molecule is C=[CH][Al+][CH]=C.[Br-]. The van der Waals surface area contributed by atoms with Crippen molar-refractivity contribution >= 4 is 15.2 Å². The van der Waals surface area contributed by atoms with E-state index in [-0.39, 0.29) is 17.0 Å². The molecule has 6 heavy (non-hydrogen) atoms. The standard InChI is InChI=1S/2C2H3.Al.BrH/c2*1-2;;/h2*1H,2H2;;1H/q;;+1;/p-1. The molecule has 0 amide bonds. The van der Waals surface area contributed by atoms with Gasteiger partial charge in [-0.1, -0.05) is 0 Å². The van der Waals surface area contributed by atoms with Crippen LogP contribution in [0.1, 0.15) is 0 Å². The van der Waals surface area contributed by atoms with Crippen molar-refractivity contribution in [2.24, 2.45) is 0 Å². The normalized spacial score (nSPS) is 4.00. The van der Waals surface area contributed by atoms with Gasteiger partial charge in [-0.15, -0.1) is 0 Å². The molecule has 0 aromatic heterocycles. The summed E-state index contributed by atoms with van der Waals surface area (Å²) in [7, 11) is 0. The van der Waals surface area contributed by atoms with Gasteiger partial charge in [0.2, 0.25) is 0 Å². The van der Waals surface area contributed by atoms with E-state index < -0.39 is 0 Å². The van der Waals surface area contributed by atoms with Gasteiger partial charge in [-0.05, 0) is 0 Å². The fraction of sp³-hybridized carbons (Fsp3) is 0. The smallest absolute Gasteiger partial charge is 1.00 e. The van der Waals surface area contributed by atoms with Gasteiger partial charge < -0.3 is 17.0 Å². The topological polar surface area (TPSA) is 0 Å². The zero-order valence-electron chi connectivity index (χ0n) is 3.52. The fourth-order valence-corrected chi connectivity index (χ4v) is 0.289. The van der Waals surface area contributed by atoms with E-state index in [9.17, 15) is 0 Å². The molecule has 0 fully saturated rings. The molecule has 0 radical (unpaired) electrons. The average molecular weight is 161 g/mol. The Bertz CT molecular complexity index is 36.8. The van der Waals surface area contributed by atoms with Crippen molar-refractivity contribution in [3.05, 3.63) is 23.0 Å². The molecular weight excluding hydrogens is 155 g/mol. The molecule has 0 nitrogen and oxygen atoms in total. The van der Waals surface area contributed by atoms with Gasteiger partial charge in [0.1, 0.15) is 0 Å². The summed E-state index contributed by atoms with van der Waals surface area (Å²) >= 11 is 0.343. The molecule has 0 spiro atoms. The molecule has 0 aliphatic rings. The molecule has 0 saturated heterocycles. The minimum absolute atomic E-state index is 0. The van der Waals surface area contributed by atoms with E-state index in [4.69, 9.17) is 0 Å². The van der Waals surface area contributed by atoms with Crippen LogP contribution >= 0.6 is 0 Å². The van der Waals surface area contributed by atoms with Gasteiger partial charge in [-0.2, -0.15) is 0 Å². The third-order valence-electron chi connectivity index (χ3n) is 0.272. The van der Waals surface area contributed by atoms with E-state index in [1.54, 1.807) is 0 Å². The van der Waals surface area contributed by atoms with E-state index in [1.165, 1.54) is 0 Å². The van der Waals surface area contributed by atoms with Crippen molar-refractivity contribution in [3.8, 4) is 0 Å². The molecule has 0 N–H and O–H groups in total. The minimum atomic E-state index is 0. The molecule has 0 aromatic rings. The minimum Gasteiger partial charge on any atom is -1.00 e. The van der Waals surface area contributed by atoms with Crippen molar-refractivity contribution < 1.29 is 17.0 Å². The second-order valence-corrected chi connectivity index (χ2v) is 1.99. The van der Waals surface area contributed by atoms with Crippen LogP contribution in [0.3, 0.4) is 0 Å². The van der Waals surface area contributed by atoms with Gasteiger partial charge in [0.25, 0.3) is 0 Å². The van der Waals surface area contributed by atoms with Crippen LogP contribution in [0.25, 0.3) is 0 Å². The average Bonchev–Trinajstić information content (AvgIpc) is 1.41. The van der Waals surface area contributed by atoms with Crippen LogP contribution in [0.4, 0.5) is 0 Å². The second kappa shape index (κ2) is 9.09. The van der Waals surface area contributed by atoms with Gasteiger partial charge in [-0.3, -0.25) is 0 Å². The summed E-state index contributed by atoms with van der Waals surface area (Å²) in [5, 5.41) is 0. The first-order chi connectivity index (χ1) is 2.41. The van der Waals surface area contributed by atoms with E-state index >= 15 is 0 Å². The van der Waals surface area contributed by atoms with Crippen LogP contribution in [-0.4, -0.2) is 15.2 Å². The predicted octanol–water partition coefficient (Wildman–Crippen LogP) is -2.02. The summed E-state index contributed by atoms with van der Waals surface area (Å²) < 4.78 is 0. The Labute approximate surface area is 55.4 Å². The number of halogens is 1. The Hall–Kier alpha value is 0.492. The van der Waals surface area contributed by atoms with E-state index in [1.807, 2.05) is 9.88 Å². The first-order valence-electron chi connectivity index (χ1n) is 1.48. The zero-order valence-corrected chi connectivity index (χ0v) is 6.26. The Morgan fingerprint density at radius 2 is 1.50 bits per heavy atom. The van der Waals surface area contributed by atoms with Gasteiger partial charge >= 0.3 is 38.3 Å². The van der Waals surface area contributed by atoms with Crippen LogP contribution in [0.2, 0.25) is 0 Å². The molecule has 0 atom stereocenters. The first kappa shape index (κ1) is 9.70. The number of hydrogen-bond acceptors (Lipinski definition) is 0. The molecule has 32 valence electrons. The summed E-state index contributed by atoms with van der Waals surface area (Å²) in [4.78, 5) is 3.79. The number of hydrogen-bond donors (Lipinski definition) is 0. The Morgan fingerprint density at radius 3 is 1.50 bits per heavy atom. The van der Waals surface area contributed by atoms with Crippen molar-refractivity contribution in [1.82, 2.24) is 0 Å². The molecular formula is C4H6AlBr. The van der Waals surface area contributed by atoms with Crippen LogP contribution in [0.5, 0.6) is 0 Å². The molecule has 0 unspecified atom stereocenters. The molecule has 0 aliphatic heterocycles. The van der Waals surface area contributed by atoms with E-state index in [0.29, 0.717) is 15.2 Å². The van der Waals surface area contributed by atoms with Crippen molar-refractivity contribution in [2.45, 2.75) is 0 Å². The van der Waals surface area contributed by atoms with Gasteiger partial charge in [0.15, 0.2) is 0 Å². The maximum absolute atomic E-state index is 3.52. The van der Waals surface area contributed by atoms with Crippen LogP contribution in [0.15, 0.2) is 23.0 Å².